The molecule has 0 saturated carbocycles. The highest BCUT2D eigenvalue weighted by Crippen LogP contribution is 2.39. The van der Waals surface area contributed by atoms with E-state index in [0.29, 0.717) is 6.42 Å². The largest absolute Gasteiger partial charge is 0.494 e. The van der Waals surface area contributed by atoms with Gasteiger partial charge >= 0.3 is 7.12 Å². The molecule has 0 amide bonds. The first-order valence-corrected chi connectivity index (χ1v) is 6.98. The summed E-state index contributed by atoms with van der Waals surface area (Å²) in [5, 5.41) is 12.3. The molecule has 1 heterocycles. The maximum atomic E-state index is 9.00. The molecule has 20 heavy (non-hydrogen) atoms. The summed E-state index contributed by atoms with van der Waals surface area (Å²) in [6, 6.07) is 10.2. The first-order valence-electron chi connectivity index (χ1n) is 6.98. The Balaban J connectivity index is 2.24. The highest BCUT2D eigenvalue weighted by molar-refractivity contribution is 6.62. The molecule has 4 nitrogen and oxygen atoms in total. The molecule has 0 spiro atoms. The fourth-order valence-electron chi connectivity index (χ4n) is 2.34. The SMILES string of the molecule is CCNc1cccc(B2OC(C)(C)C(C)(CC#N)O2)c1. The van der Waals surface area contributed by atoms with Crippen LogP contribution in [0.4, 0.5) is 5.69 Å². The van der Waals surface area contributed by atoms with E-state index in [1.807, 2.05) is 45.0 Å². The minimum absolute atomic E-state index is 0.309. The fourth-order valence-corrected chi connectivity index (χ4v) is 2.34. The second kappa shape index (κ2) is 5.47. The molecule has 1 saturated heterocycles. The molecule has 1 aromatic carbocycles. The van der Waals surface area contributed by atoms with Crippen molar-refractivity contribution < 1.29 is 9.31 Å². The second-order valence-corrected chi connectivity index (χ2v) is 5.80. The van der Waals surface area contributed by atoms with Crippen LogP contribution >= 0.6 is 0 Å². The lowest BCUT2D eigenvalue weighted by molar-refractivity contribution is -0.00545. The highest BCUT2D eigenvalue weighted by Gasteiger charge is 2.54. The van der Waals surface area contributed by atoms with Crippen molar-refractivity contribution in [1.29, 1.82) is 5.26 Å². The minimum Gasteiger partial charge on any atom is -0.399 e. The smallest absolute Gasteiger partial charge is 0.399 e. The number of nitrogens with one attached hydrogen (secondary N) is 1. The second-order valence-electron chi connectivity index (χ2n) is 5.80. The van der Waals surface area contributed by atoms with Crippen molar-refractivity contribution in [3.8, 4) is 6.07 Å². The molecule has 2 rings (SSSR count). The Labute approximate surface area is 121 Å². The van der Waals surface area contributed by atoms with Crippen LogP contribution in [0.2, 0.25) is 0 Å². The third-order valence-corrected chi connectivity index (χ3v) is 4.00. The molecule has 1 N–H and O–H groups in total. The zero-order valence-corrected chi connectivity index (χ0v) is 12.6. The zero-order chi connectivity index (χ0) is 14.8. The number of hydrogen-bond acceptors (Lipinski definition) is 4. The molecule has 1 aliphatic rings. The number of nitrogens with zero attached hydrogens (tertiary/aromatic N) is 1. The summed E-state index contributed by atoms with van der Waals surface area (Å²) >= 11 is 0. The molecule has 0 bridgehead atoms. The van der Waals surface area contributed by atoms with Crippen molar-refractivity contribution in [3.05, 3.63) is 24.3 Å². The standard InChI is InChI=1S/C15H21BN2O2/c1-5-18-13-8-6-7-12(11-13)16-19-14(2,3)15(4,20-16)9-10-17/h6-8,11,18H,5,9H2,1-4H3. The van der Waals surface area contributed by atoms with E-state index < -0.39 is 18.3 Å². The third-order valence-electron chi connectivity index (χ3n) is 4.00. The van der Waals surface area contributed by atoms with Gasteiger partial charge in [0.05, 0.1) is 23.7 Å². The average Bonchev–Trinajstić information content (AvgIpc) is 2.61. The van der Waals surface area contributed by atoms with Gasteiger partial charge < -0.3 is 14.6 Å². The quantitative estimate of drug-likeness (QED) is 0.854. The van der Waals surface area contributed by atoms with Crippen LogP contribution in [-0.2, 0) is 9.31 Å². The van der Waals surface area contributed by atoms with E-state index in [4.69, 9.17) is 14.6 Å². The van der Waals surface area contributed by atoms with Gasteiger partial charge in [0.25, 0.3) is 0 Å². The Hall–Kier alpha value is -1.51. The third kappa shape index (κ3) is 2.67. The van der Waals surface area contributed by atoms with Crippen LogP contribution in [0, 0.1) is 11.3 Å². The normalized spacial score (nSPS) is 24.4. The van der Waals surface area contributed by atoms with E-state index in [-0.39, 0.29) is 0 Å². The summed E-state index contributed by atoms with van der Waals surface area (Å²) < 4.78 is 12.1. The molecular weight excluding hydrogens is 251 g/mol. The Kier molecular flexibility index (Phi) is 4.07. The van der Waals surface area contributed by atoms with Crippen molar-refractivity contribution in [1.82, 2.24) is 0 Å². The molecule has 5 heteroatoms. The van der Waals surface area contributed by atoms with Crippen LogP contribution in [0.1, 0.15) is 34.1 Å². The molecule has 1 fully saturated rings. The highest BCUT2D eigenvalue weighted by atomic mass is 16.7. The van der Waals surface area contributed by atoms with Crippen LogP contribution in [0.25, 0.3) is 0 Å². The minimum atomic E-state index is -0.597. The van der Waals surface area contributed by atoms with Gasteiger partial charge in [-0.15, -0.1) is 0 Å². The number of anilines is 1. The monoisotopic (exact) mass is 272 g/mol. The lowest BCUT2D eigenvalue weighted by Gasteiger charge is -2.34. The molecule has 1 atom stereocenters. The summed E-state index contributed by atoms with van der Waals surface area (Å²) in [5.41, 5.74) is 0.921. The van der Waals surface area contributed by atoms with E-state index in [1.54, 1.807) is 0 Å². The number of rotatable bonds is 4. The van der Waals surface area contributed by atoms with Gasteiger partial charge in [-0.05, 0) is 45.3 Å². The Morgan fingerprint density at radius 3 is 2.70 bits per heavy atom. The number of benzene rings is 1. The van der Waals surface area contributed by atoms with Gasteiger partial charge in [-0.3, -0.25) is 0 Å². The maximum absolute atomic E-state index is 9.00. The van der Waals surface area contributed by atoms with Crippen LogP contribution in [-0.4, -0.2) is 24.9 Å². The number of hydrogen-bond donors (Lipinski definition) is 1. The molecule has 106 valence electrons. The van der Waals surface area contributed by atoms with E-state index in [2.05, 4.69) is 18.3 Å². The lowest BCUT2D eigenvalue weighted by atomic mass is 9.79. The van der Waals surface area contributed by atoms with Crippen molar-refractivity contribution in [3.63, 3.8) is 0 Å². The van der Waals surface area contributed by atoms with Gasteiger partial charge in [-0.2, -0.15) is 5.26 Å². The van der Waals surface area contributed by atoms with Gasteiger partial charge in [-0.1, -0.05) is 12.1 Å². The van der Waals surface area contributed by atoms with E-state index in [0.717, 1.165) is 17.7 Å². The first-order chi connectivity index (χ1) is 9.42. The van der Waals surface area contributed by atoms with Crippen LogP contribution < -0.4 is 10.8 Å². The fraction of sp³-hybridized carbons (Fsp3) is 0.533. The summed E-state index contributed by atoms with van der Waals surface area (Å²) in [6.45, 7) is 8.80. The van der Waals surface area contributed by atoms with Crippen LogP contribution in [0.3, 0.4) is 0 Å². The summed E-state index contributed by atoms with van der Waals surface area (Å²) in [5.74, 6) is 0. The molecule has 0 aliphatic carbocycles. The molecule has 1 aliphatic heterocycles. The Bertz CT molecular complexity index is 527. The number of nitriles is 1. The molecular formula is C15H21BN2O2. The van der Waals surface area contributed by atoms with Crippen molar-refractivity contribution in [2.24, 2.45) is 0 Å². The zero-order valence-electron chi connectivity index (χ0n) is 12.6. The predicted molar refractivity (Wildman–Crippen MR) is 80.9 cm³/mol. The van der Waals surface area contributed by atoms with Gasteiger partial charge in [-0.25, -0.2) is 0 Å². The van der Waals surface area contributed by atoms with E-state index >= 15 is 0 Å². The summed E-state index contributed by atoms with van der Waals surface area (Å²) in [4.78, 5) is 0. The van der Waals surface area contributed by atoms with Gasteiger partial charge in [0.15, 0.2) is 0 Å². The molecule has 0 aromatic heterocycles. The topological polar surface area (TPSA) is 54.3 Å². The lowest BCUT2D eigenvalue weighted by Crippen LogP contribution is -2.44. The predicted octanol–water partition coefficient (Wildman–Crippen LogP) is 2.31. The average molecular weight is 272 g/mol. The Morgan fingerprint density at radius 2 is 2.05 bits per heavy atom. The van der Waals surface area contributed by atoms with Gasteiger partial charge in [0, 0.05) is 12.2 Å². The van der Waals surface area contributed by atoms with Crippen LogP contribution in [0.15, 0.2) is 24.3 Å². The molecule has 0 radical (unpaired) electrons. The van der Waals surface area contributed by atoms with Crippen LogP contribution in [0.5, 0.6) is 0 Å². The van der Waals surface area contributed by atoms with Crippen molar-refractivity contribution in [2.75, 3.05) is 11.9 Å². The van der Waals surface area contributed by atoms with Gasteiger partial charge in [0.1, 0.15) is 0 Å². The molecule has 1 unspecified atom stereocenters. The summed E-state index contributed by atoms with van der Waals surface area (Å²) in [6.07, 6.45) is 0.309. The van der Waals surface area contributed by atoms with Crippen molar-refractivity contribution >= 4 is 18.3 Å². The van der Waals surface area contributed by atoms with E-state index in [1.165, 1.54) is 0 Å². The van der Waals surface area contributed by atoms with Gasteiger partial charge in [0.2, 0.25) is 0 Å². The summed E-state index contributed by atoms with van der Waals surface area (Å²) in [7, 11) is -0.429. The maximum Gasteiger partial charge on any atom is 0.494 e. The first kappa shape index (κ1) is 14.9. The molecule has 1 aromatic rings. The van der Waals surface area contributed by atoms with Crippen molar-refractivity contribution in [2.45, 2.75) is 45.3 Å². The Morgan fingerprint density at radius 1 is 1.30 bits per heavy atom. The van der Waals surface area contributed by atoms with E-state index in [9.17, 15) is 0 Å².